The second kappa shape index (κ2) is 10.2. The average Bonchev–Trinajstić information content (AvgIpc) is 3.57. The number of methoxy groups -OCH3 is 1. The maximum atomic E-state index is 13.6. The quantitative estimate of drug-likeness (QED) is 0.314. The number of nitrogen functional groups attached to an aromatic ring is 1. The third-order valence-electron chi connectivity index (χ3n) is 7.56. The maximum absolute atomic E-state index is 13.6. The highest BCUT2D eigenvalue weighted by molar-refractivity contribution is 6.45. The summed E-state index contributed by atoms with van der Waals surface area (Å²) in [7, 11) is 1.49. The molecule has 2 aromatic carbocycles. The molecule has 3 aromatic rings. The minimum Gasteiger partial charge on any atom is -0.496 e. The van der Waals surface area contributed by atoms with Crippen LogP contribution in [0.15, 0.2) is 42.6 Å². The molecule has 2 aliphatic heterocycles. The molecule has 0 atom stereocenters. The van der Waals surface area contributed by atoms with Crippen LogP contribution in [0.4, 0.5) is 4.39 Å². The number of ketones is 1. The summed E-state index contributed by atoms with van der Waals surface area (Å²) in [5.41, 5.74) is 2.11. The number of fused-ring (bicyclic) bond motifs is 1. The maximum Gasteiger partial charge on any atom is 0.295 e. The van der Waals surface area contributed by atoms with Gasteiger partial charge in [-0.15, -0.1) is 0 Å². The number of carbonyl (C=O) groups excluding carboxylic acids is 3. The van der Waals surface area contributed by atoms with Crippen molar-refractivity contribution in [2.24, 2.45) is 5.92 Å². The number of hydrogen-bond donors (Lipinski definition) is 1. The SMILES string of the molecule is COc1cc2c(cc1C(=O)N1CCC(Cc3ccc(F)cc3)CC1)c(C(=O)C(=O)N1CCCC1)cn2N. The van der Waals surface area contributed by atoms with E-state index in [0.29, 0.717) is 54.3 Å². The van der Waals surface area contributed by atoms with Crippen molar-refractivity contribution in [3.05, 3.63) is 65.1 Å². The van der Waals surface area contributed by atoms with Gasteiger partial charge in [0.05, 0.1) is 23.8 Å². The average molecular weight is 507 g/mol. The van der Waals surface area contributed by atoms with Gasteiger partial charge in [-0.05, 0) is 61.8 Å². The van der Waals surface area contributed by atoms with Gasteiger partial charge in [0.25, 0.3) is 17.6 Å². The Labute approximate surface area is 214 Å². The Hall–Kier alpha value is -3.88. The number of nitrogens with two attached hydrogens (primary N) is 1. The smallest absolute Gasteiger partial charge is 0.295 e. The van der Waals surface area contributed by atoms with E-state index in [1.165, 1.54) is 30.1 Å². The Morgan fingerprint density at radius 2 is 1.65 bits per heavy atom. The summed E-state index contributed by atoms with van der Waals surface area (Å²) < 4.78 is 20.0. The third-order valence-corrected chi connectivity index (χ3v) is 7.56. The molecule has 2 amide bonds. The molecule has 2 N–H and O–H groups in total. The van der Waals surface area contributed by atoms with E-state index in [9.17, 15) is 18.8 Å². The van der Waals surface area contributed by atoms with Crippen LogP contribution in [0.1, 0.15) is 52.0 Å². The summed E-state index contributed by atoms with van der Waals surface area (Å²) in [5.74, 6) is 5.29. The van der Waals surface area contributed by atoms with Crippen molar-refractivity contribution in [3.8, 4) is 5.75 Å². The number of likely N-dealkylation sites (tertiary alicyclic amines) is 2. The number of ether oxygens (including phenoxy) is 1. The first-order valence-corrected chi connectivity index (χ1v) is 12.7. The molecular weight excluding hydrogens is 475 g/mol. The standard InChI is InChI=1S/C28H31FN4O4/c1-37-25-16-24-21(23(17-33(24)30)26(34)28(36)31-10-2-3-11-31)15-22(25)27(35)32-12-8-19(9-13-32)14-18-4-6-20(29)7-5-18/h4-7,15-17,19H,2-3,8-14,30H2,1H3. The zero-order chi connectivity index (χ0) is 26.1. The molecule has 2 saturated heterocycles. The Kier molecular flexibility index (Phi) is 6.86. The predicted octanol–water partition coefficient (Wildman–Crippen LogP) is 3.40. The van der Waals surface area contributed by atoms with E-state index in [1.54, 1.807) is 21.9 Å². The van der Waals surface area contributed by atoms with Crippen LogP contribution >= 0.6 is 0 Å². The van der Waals surface area contributed by atoms with Gasteiger partial charge in [0, 0.05) is 43.8 Å². The van der Waals surface area contributed by atoms with E-state index in [2.05, 4.69) is 0 Å². The first-order chi connectivity index (χ1) is 17.9. The molecule has 0 spiro atoms. The fourth-order valence-electron chi connectivity index (χ4n) is 5.44. The third kappa shape index (κ3) is 4.90. The molecule has 2 fully saturated rings. The van der Waals surface area contributed by atoms with E-state index < -0.39 is 11.7 Å². The summed E-state index contributed by atoms with van der Waals surface area (Å²) in [5, 5.41) is 0.454. The molecule has 1 aromatic heterocycles. The fourth-order valence-corrected chi connectivity index (χ4v) is 5.44. The zero-order valence-corrected chi connectivity index (χ0v) is 20.9. The van der Waals surface area contributed by atoms with Gasteiger partial charge in [-0.1, -0.05) is 12.1 Å². The normalized spacial score (nSPS) is 16.4. The first-order valence-electron chi connectivity index (χ1n) is 12.7. The predicted molar refractivity (Wildman–Crippen MR) is 138 cm³/mol. The molecule has 8 nitrogen and oxygen atoms in total. The van der Waals surface area contributed by atoms with Crippen LogP contribution in [-0.2, 0) is 11.2 Å². The van der Waals surface area contributed by atoms with E-state index in [1.807, 2.05) is 12.1 Å². The first kappa shape index (κ1) is 24.8. The van der Waals surface area contributed by atoms with Crippen molar-refractivity contribution in [2.75, 3.05) is 39.1 Å². The number of carbonyl (C=O) groups is 3. The lowest BCUT2D eigenvalue weighted by atomic mass is 9.90. The van der Waals surface area contributed by atoms with Gasteiger partial charge in [0.1, 0.15) is 11.6 Å². The number of piperidine rings is 1. The van der Waals surface area contributed by atoms with Crippen molar-refractivity contribution in [1.82, 2.24) is 14.5 Å². The van der Waals surface area contributed by atoms with Crippen LogP contribution in [0.5, 0.6) is 5.75 Å². The lowest BCUT2D eigenvalue weighted by molar-refractivity contribution is -0.125. The van der Waals surface area contributed by atoms with Gasteiger partial charge in [0.2, 0.25) is 0 Å². The molecule has 37 heavy (non-hydrogen) atoms. The van der Waals surface area contributed by atoms with Crippen LogP contribution in [0, 0.1) is 11.7 Å². The summed E-state index contributed by atoms with van der Waals surface area (Å²) >= 11 is 0. The number of nitrogens with zero attached hydrogens (tertiary/aromatic N) is 3. The van der Waals surface area contributed by atoms with Crippen molar-refractivity contribution in [1.29, 1.82) is 0 Å². The minimum atomic E-state index is -0.624. The van der Waals surface area contributed by atoms with Crippen molar-refractivity contribution >= 4 is 28.5 Å². The monoisotopic (exact) mass is 506 g/mol. The highest BCUT2D eigenvalue weighted by atomic mass is 19.1. The van der Waals surface area contributed by atoms with Gasteiger partial charge in [0.15, 0.2) is 0 Å². The molecule has 2 aliphatic rings. The lowest BCUT2D eigenvalue weighted by Gasteiger charge is -2.32. The molecule has 0 bridgehead atoms. The summed E-state index contributed by atoms with van der Waals surface area (Å²) in [6.07, 6.45) is 5.72. The Morgan fingerprint density at radius 3 is 2.30 bits per heavy atom. The molecule has 0 unspecified atom stereocenters. The summed E-state index contributed by atoms with van der Waals surface area (Å²) in [6.45, 7) is 2.31. The molecular formula is C28H31FN4O4. The number of aromatic nitrogens is 1. The molecule has 0 radical (unpaired) electrons. The van der Waals surface area contributed by atoms with E-state index in [-0.39, 0.29) is 17.3 Å². The topological polar surface area (TPSA) is 97.9 Å². The van der Waals surface area contributed by atoms with Crippen molar-refractivity contribution in [3.63, 3.8) is 0 Å². The Morgan fingerprint density at radius 1 is 0.973 bits per heavy atom. The second-order valence-corrected chi connectivity index (χ2v) is 9.91. The van der Waals surface area contributed by atoms with Gasteiger partial charge in [-0.25, -0.2) is 4.39 Å². The van der Waals surface area contributed by atoms with E-state index >= 15 is 0 Å². The highest BCUT2D eigenvalue weighted by Gasteiger charge is 2.30. The van der Waals surface area contributed by atoms with Crippen LogP contribution in [-0.4, -0.2) is 65.4 Å². The number of hydrogen-bond acceptors (Lipinski definition) is 5. The fraction of sp³-hybridized carbons (Fsp3) is 0.393. The molecule has 3 heterocycles. The minimum absolute atomic E-state index is 0.184. The van der Waals surface area contributed by atoms with E-state index in [0.717, 1.165) is 37.7 Å². The van der Waals surface area contributed by atoms with E-state index in [4.69, 9.17) is 10.6 Å². The van der Waals surface area contributed by atoms with Gasteiger partial charge in [-0.2, -0.15) is 0 Å². The van der Waals surface area contributed by atoms with Crippen LogP contribution < -0.4 is 10.6 Å². The van der Waals surface area contributed by atoms with Gasteiger partial charge < -0.3 is 20.4 Å². The summed E-state index contributed by atoms with van der Waals surface area (Å²) in [6, 6.07) is 9.83. The second-order valence-electron chi connectivity index (χ2n) is 9.91. The van der Waals surface area contributed by atoms with Crippen LogP contribution in [0.2, 0.25) is 0 Å². The Balaban J connectivity index is 1.36. The Bertz CT molecular complexity index is 1340. The molecule has 5 rings (SSSR count). The van der Waals surface area contributed by atoms with Crippen molar-refractivity contribution < 1.29 is 23.5 Å². The molecule has 9 heteroatoms. The number of benzene rings is 2. The molecule has 0 saturated carbocycles. The molecule has 194 valence electrons. The number of rotatable bonds is 6. The number of halogens is 1. The lowest BCUT2D eigenvalue weighted by Crippen LogP contribution is -2.39. The van der Waals surface area contributed by atoms with Gasteiger partial charge >= 0.3 is 0 Å². The van der Waals surface area contributed by atoms with Crippen LogP contribution in [0.3, 0.4) is 0 Å². The molecule has 0 aliphatic carbocycles. The van der Waals surface area contributed by atoms with Crippen molar-refractivity contribution in [2.45, 2.75) is 32.1 Å². The largest absolute Gasteiger partial charge is 0.496 e. The van der Waals surface area contributed by atoms with Gasteiger partial charge in [-0.3, -0.25) is 19.1 Å². The summed E-state index contributed by atoms with van der Waals surface area (Å²) in [4.78, 5) is 42.8. The highest BCUT2D eigenvalue weighted by Crippen LogP contribution is 2.32. The number of Topliss-reactive ketones (excluding diaryl/α,β-unsaturated/α-hetero) is 1. The van der Waals surface area contributed by atoms with Crippen LogP contribution in [0.25, 0.3) is 10.9 Å². The zero-order valence-electron chi connectivity index (χ0n) is 20.9. The number of amides is 2.